The number of hydrogen-bond donors (Lipinski definition) is 1. The number of rotatable bonds is 5. The largest absolute Gasteiger partial charge is 0.348 e. The van der Waals surface area contributed by atoms with Crippen molar-refractivity contribution in [3.8, 4) is 0 Å². The summed E-state index contributed by atoms with van der Waals surface area (Å²) in [5.74, 6) is 0.0136. The topological polar surface area (TPSA) is 58.1 Å². The van der Waals surface area contributed by atoms with Crippen LogP contribution < -0.4 is 5.32 Å². The molecular formula is C22H23ClN4OS2. The highest BCUT2D eigenvalue weighted by molar-refractivity contribution is 7.99. The monoisotopic (exact) mass is 458 g/mol. The van der Waals surface area contributed by atoms with E-state index < -0.39 is 0 Å². The fourth-order valence-corrected chi connectivity index (χ4v) is 6.93. The number of carbonyl (C=O) groups excluding carboxylic acids is 1. The van der Waals surface area contributed by atoms with Crippen molar-refractivity contribution in [1.82, 2.24) is 20.2 Å². The fraction of sp³-hybridized carbons (Fsp3) is 0.409. The zero-order chi connectivity index (χ0) is 20.7. The van der Waals surface area contributed by atoms with Crippen LogP contribution in [0.5, 0.6) is 0 Å². The van der Waals surface area contributed by atoms with Crippen molar-refractivity contribution in [3.05, 3.63) is 52.1 Å². The molecule has 156 valence electrons. The number of piperidine rings is 1. The maximum atomic E-state index is 13.1. The normalized spacial score (nSPS) is 23.7. The van der Waals surface area contributed by atoms with E-state index in [1.807, 2.05) is 18.4 Å². The quantitative estimate of drug-likeness (QED) is 0.545. The molecule has 1 aromatic carbocycles. The van der Waals surface area contributed by atoms with Crippen LogP contribution in [0.3, 0.4) is 0 Å². The van der Waals surface area contributed by atoms with Crippen LogP contribution >= 0.6 is 34.7 Å². The molecular weight excluding hydrogens is 436 g/mol. The Hall–Kier alpha value is -1.67. The predicted octanol–water partition coefficient (Wildman–Crippen LogP) is 4.99. The molecule has 5 rings (SSSR count). The molecule has 5 nitrogen and oxygen atoms in total. The number of amides is 1. The van der Waals surface area contributed by atoms with Gasteiger partial charge in [0.15, 0.2) is 0 Å². The van der Waals surface area contributed by atoms with Crippen LogP contribution in [0.4, 0.5) is 0 Å². The summed E-state index contributed by atoms with van der Waals surface area (Å²) in [6, 6.07) is 9.42. The minimum Gasteiger partial charge on any atom is -0.348 e. The van der Waals surface area contributed by atoms with Crippen molar-refractivity contribution in [1.29, 1.82) is 0 Å². The lowest BCUT2D eigenvalue weighted by Crippen LogP contribution is -2.49. The van der Waals surface area contributed by atoms with Crippen LogP contribution in [0.25, 0.3) is 10.3 Å². The maximum Gasteiger partial charge on any atom is 0.262 e. The van der Waals surface area contributed by atoms with Gasteiger partial charge < -0.3 is 5.32 Å². The van der Waals surface area contributed by atoms with Crippen molar-refractivity contribution < 1.29 is 4.79 Å². The van der Waals surface area contributed by atoms with E-state index in [0.717, 1.165) is 44.5 Å². The summed E-state index contributed by atoms with van der Waals surface area (Å²) in [6.07, 6.45) is 9.78. The first-order valence-corrected chi connectivity index (χ1v) is 12.6. The molecule has 2 aliphatic rings. The van der Waals surface area contributed by atoms with Gasteiger partial charge in [-0.15, -0.1) is 23.1 Å². The number of halogens is 1. The Morgan fingerprint density at radius 1 is 1.20 bits per heavy atom. The number of nitrogens with one attached hydrogen (secondary N) is 1. The number of benzene rings is 1. The van der Waals surface area contributed by atoms with Gasteiger partial charge in [-0.2, -0.15) is 0 Å². The summed E-state index contributed by atoms with van der Waals surface area (Å²) in [6.45, 7) is 0.956. The Bertz CT molecular complexity index is 1060. The predicted molar refractivity (Wildman–Crippen MR) is 123 cm³/mol. The second-order valence-electron chi connectivity index (χ2n) is 8.00. The van der Waals surface area contributed by atoms with E-state index >= 15 is 0 Å². The van der Waals surface area contributed by atoms with Gasteiger partial charge in [0, 0.05) is 42.1 Å². The average Bonchev–Trinajstić information content (AvgIpc) is 3.23. The molecule has 3 aromatic rings. The molecule has 2 bridgehead atoms. The number of carbonyl (C=O) groups is 1. The summed E-state index contributed by atoms with van der Waals surface area (Å²) in [7, 11) is 0. The molecule has 0 spiro atoms. The van der Waals surface area contributed by atoms with Crippen LogP contribution in [-0.2, 0) is 6.54 Å². The number of thioether (sulfide) groups is 1. The van der Waals surface area contributed by atoms with Crippen LogP contribution in [-0.4, -0.2) is 45.2 Å². The minimum absolute atomic E-state index is 0.0136. The van der Waals surface area contributed by atoms with Crippen molar-refractivity contribution in [2.45, 2.75) is 55.2 Å². The third kappa shape index (κ3) is 3.84. The van der Waals surface area contributed by atoms with E-state index in [9.17, 15) is 4.79 Å². The van der Waals surface area contributed by atoms with Gasteiger partial charge in [0.2, 0.25) is 0 Å². The van der Waals surface area contributed by atoms with Crippen LogP contribution in [0.2, 0.25) is 5.02 Å². The minimum atomic E-state index is 0.0136. The lowest BCUT2D eigenvalue weighted by molar-refractivity contribution is 0.0829. The first-order valence-electron chi connectivity index (χ1n) is 10.2. The van der Waals surface area contributed by atoms with Crippen LogP contribution in [0, 0.1) is 0 Å². The number of aromatic nitrogens is 2. The molecule has 8 heteroatoms. The number of nitrogens with zero attached hydrogens (tertiary/aromatic N) is 3. The highest BCUT2D eigenvalue weighted by Gasteiger charge is 2.41. The first-order chi connectivity index (χ1) is 14.6. The van der Waals surface area contributed by atoms with Crippen molar-refractivity contribution >= 4 is 51.0 Å². The second-order valence-corrected chi connectivity index (χ2v) is 10.3. The lowest BCUT2D eigenvalue weighted by Gasteiger charge is -2.39. The highest BCUT2D eigenvalue weighted by atomic mass is 35.5. The van der Waals surface area contributed by atoms with Crippen LogP contribution in [0.1, 0.15) is 40.9 Å². The Labute approximate surface area is 189 Å². The summed E-state index contributed by atoms with van der Waals surface area (Å²) in [4.78, 5) is 27.0. The van der Waals surface area contributed by atoms with Gasteiger partial charge >= 0.3 is 0 Å². The van der Waals surface area contributed by atoms with E-state index in [1.54, 1.807) is 24.2 Å². The van der Waals surface area contributed by atoms with Crippen LogP contribution in [0.15, 0.2) is 41.6 Å². The van der Waals surface area contributed by atoms with Gasteiger partial charge in [-0.05, 0) is 49.6 Å². The molecule has 2 fully saturated rings. The Kier molecular flexibility index (Phi) is 5.71. The molecule has 2 aromatic heterocycles. The van der Waals surface area contributed by atoms with Gasteiger partial charge in [-0.3, -0.25) is 14.7 Å². The SMILES string of the molecule is CSc1c(C(=O)NC2CC3CCC(C2)N3Cc2ccc(Cl)cc2)sc2nccnc12. The molecule has 2 saturated heterocycles. The molecule has 2 atom stereocenters. The highest BCUT2D eigenvalue weighted by Crippen LogP contribution is 2.38. The molecule has 2 unspecified atom stereocenters. The standard InChI is InChI=1S/C22H23ClN4OS2/c1-29-19-18-22(25-9-8-24-18)30-20(19)21(28)26-15-10-16-6-7-17(11-15)27(16)12-13-2-4-14(23)5-3-13/h2-5,8-9,15-17H,6-7,10-12H2,1H3,(H,26,28). The fourth-order valence-electron chi connectivity index (χ4n) is 4.85. The van der Waals surface area contributed by atoms with Gasteiger partial charge in [0.25, 0.3) is 5.91 Å². The number of thiophene rings is 1. The van der Waals surface area contributed by atoms with E-state index in [4.69, 9.17) is 11.6 Å². The summed E-state index contributed by atoms with van der Waals surface area (Å²) >= 11 is 9.03. The van der Waals surface area contributed by atoms with E-state index in [-0.39, 0.29) is 11.9 Å². The van der Waals surface area contributed by atoms with Gasteiger partial charge in [0.05, 0.1) is 4.90 Å². The number of hydrogen-bond acceptors (Lipinski definition) is 6. The van der Waals surface area contributed by atoms with Gasteiger partial charge in [-0.1, -0.05) is 23.7 Å². The maximum absolute atomic E-state index is 13.1. The molecule has 30 heavy (non-hydrogen) atoms. The van der Waals surface area contributed by atoms with E-state index in [2.05, 4.69) is 32.3 Å². The third-order valence-corrected chi connectivity index (χ3v) is 8.47. The van der Waals surface area contributed by atoms with Crippen molar-refractivity contribution in [3.63, 3.8) is 0 Å². The molecule has 0 saturated carbocycles. The Morgan fingerprint density at radius 2 is 1.90 bits per heavy atom. The molecule has 1 N–H and O–H groups in total. The van der Waals surface area contributed by atoms with Crippen molar-refractivity contribution in [2.24, 2.45) is 0 Å². The smallest absolute Gasteiger partial charge is 0.262 e. The zero-order valence-corrected chi connectivity index (χ0v) is 19.1. The molecule has 4 heterocycles. The molecule has 1 amide bonds. The molecule has 2 aliphatic heterocycles. The Morgan fingerprint density at radius 3 is 2.60 bits per heavy atom. The van der Waals surface area contributed by atoms with Gasteiger partial charge in [0.1, 0.15) is 15.2 Å². The number of fused-ring (bicyclic) bond motifs is 3. The second kappa shape index (κ2) is 8.46. The molecule has 0 aliphatic carbocycles. The first kappa shape index (κ1) is 20.2. The third-order valence-electron chi connectivity index (χ3n) is 6.19. The van der Waals surface area contributed by atoms with E-state index in [1.165, 1.54) is 29.7 Å². The zero-order valence-electron chi connectivity index (χ0n) is 16.7. The van der Waals surface area contributed by atoms with Crippen molar-refractivity contribution in [2.75, 3.05) is 6.26 Å². The lowest BCUT2D eigenvalue weighted by atomic mass is 9.96. The van der Waals surface area contributed by atoms with Gasteiger partial charge in [-0.25, -0.2) is 4.98 Å². The molecule has 0 radical (unpaired) electrons. The summed E-state index contributed by atoms with van der Waals surface area (Å²) < 4.78 is 0. The average molecular weight is 459 g/mol. The van der Waals surface area contributed by atoms with E-state index in [0.29, 0.717) is 12.1 Å². The summed E-state index contributed by atoms with van der Waals surface area (Å²) in [5, 5.41) is 4.10. The summed E-state index contributed by atoms with van der Waals surface area (Å²) in [5.41, 5.74) is 2.13. The Balaban J connectivity index is 1.28.